The topological polar surface area (TPSA) is 127 Å². The Morgan fingerprint density at radius 1 is 1.32 bits per heavy atom. The first-order valence-corrected chi connectivity index (χ1v) is 8.90. The largest absolute Gasteiger partial charge is 0.490 e. The van der Waals surface area contributed by atoms with E-state index in [1.165, 1.54) is 4.90 Å². The molecule has 28 heavy (non-hydrogen) atoms. The molecule has 0 aliphatic heterocycles. The van der Waals surface area contributed by atoms with Gasteiger partial charge in [0, 0.05) is 23.1 Å². The molecule has 2 rings (SSSR count). The van der Waals surface area contributed by atoms with Crippen molar-refractivity contribution in [1.29, 1.82) is 0 Å². The molecule has 0 saturated carbocycles. The number of H-pyrrole nitrogens is 1. The fourth-order valence-electron chi connectivity index (χ4n) is 2.66. The molecular weight excluding hydrogens is 370 g/mol. The minimum atomic E-state index is -0.921. The zero-order valence-corrected chi connectivity index (χ0v) is 15.9. The van der Waals surface area contributed by atoms with E-state index in [0.717, 1.165) is 10.9 Å². The summed E-state index contributed by atoms with van der Waals surface area (Å²) in [6, 6.07) is 7.32. The number of carbonyl (C=O) groups is 1. The predicted octanol–water partition coefficient (Wildman–Crippen LogP) is 1.37. The summed E-state index contributed by atoms with van der Waals surface area (Å²) in [5.74, 6) is 0.317. The lowest BCUT2D eigenvalue weighted by Gasteiger charge is -2.29. The van der Waals surface area contributed by atoms with Gasteiger partial charge in [0.25, 0.3) is 5.09 Å². The van der Waals surface area contributed by atoms with E-state index < -0.39 is 11.2 Å². The molecule has 0 saturated heterocycles. The highest BCUT2D eigenvalue weighted by atomic mass is 17.0. The standard InChI is InChI=1S/C18H25N3O7/c1-13(2)20(18(23)12-26-8-9-28-21(24)25)10-14(22)11-27-17-5-3-4-16-15(17)6-7-19-16/h3-7,13-14,19,22H,8-12H2,1-2H3. The van der Waals surface area contributed by atoms with E-state index >= 15 is 0 Å². The number of hydrogen-bond acceptors (Lipinski definition) is 7. The molecule has 0 aliphatic rings. The average molecular weight is 395 g/mol. The lowest BCUT2D eigenvalue weighted by Crippen LogP contribution is -2.45. The smallest absolute Gasteiger partial charge is 0.294 e. The zero-order valence-electron chi connectivity index (χ0n) is 15.9. The molecule has 2 aromatic rings. The monoisotopic (exact) mass is 395 g/mol. The fourth-order valence-corrected chi connectivity index (χ4v) is 2.66. The summed E-state index contributed by atoms with van der Waals surface area (Å²) in [5, 5.41) is 20.4. The molecule has 1 aromatic carbocycles. The number of aromatic nitrogens is 1. The third kappa shape index (κ3) is 6.39. The minimum Gasteiger partial charge on any atom is -0.490 e. The Balaban J connectivity index is 1.81. The molecular formula is C18H25N3O7. The van der Waals surface area contributed by atoms with E-state index in [-0.39, 0.29) is 44.9 Å². The summed E-state index contributed by atoms with van der Waals surface area (Å²) in [7, 11) is 0. The normalized spacial score (nSPS) is 12.1. The van der Waals surface area contributed by atoms with Crippen molar-refractivity contribution in [2.24, 2.45) is 0 Å². The van der Waals surface area contributed by atoms with E-state index in [1.807, 2.05) is 44.3 Å². The second-order valence-corrected chi connectivity index (χ2v) is 6.41. The summed E-state index contributed by atoms with van der Waals surface area (Å²) < 4.78 is 10.8. The molecule has 154 valence electrons. The number of benzene rings is 1. The Kier molecular flexibility index (Phi) is 8.02. The van der Waals surface area contributed by atoms with Gasteiger partial charge in [-0.15, -0.1) is 10.1 Å². The Morgan fingerprint density at radius 2 is 2.11 bits per heavy atom. The number of rotatable bonds is 12. The van der Waals surface area contributed by atoms with Crippen LogP contribution >= 0.6 is 0 Å². The van der Waals surface area contributed by atoms with E-state index in [9.17, 15) is 20.0 Å². The molecule has 10 nitrogen and oxygen atoms in total. The molecule has 1 unspecified atom stereocenters. The van der Waals surface area contributed by atoms with Gasteiger partial charge in [-0.25, -0.2) is 0 Å². The summed E-state index contributed by atoms with van der Waals surface area (Å²) in [6.07, 6.45) is 0.919. The molecule has 1 aromatic heterocycles. The highest BCUT2D eigenvalue weighted by molar-refractivity contribution is 5.85. The van der Waals surface area contributed by atoms with Crippen LogP contribution in [0.1, 0.15) is 13.8 Å². The Hall–Kier alpha value is -2.85. The number of nitrogens with zero attached hydrogens (tertiary/aromatic N) is 2. The van der Waals surface area contributed by atoms with E-state index in [2.05, 4.69) is 9.82 Å². The molecule has 0 bridgehead atoms. The zero-order chi connectivity index (χ0) is 20.5. The molecule has 0 aliphatic carbocycles. The lowest BCUT2D eigenvalue weighted by molar-refractivity contribution is -0.758. The lowest BCUT2D eigenvalue weighted by atomic mass is 10.2. The highest BCUT2D eigenvalue weighted by Crippen LogP contribution is 2.24. The van der Waals surface area contributed by atoms with E-state index in [0.29, 0.717) is 5.75 Å². The van der Waals surface area contributed by atoms with Crippen molar-refractivity contribution in [2.45, 2.75) is 26.0 Å². The van der Waals surface area contributed by atoms with Gasteiger partial charge in [-0.05, 0) is 32.0 Å². The van der Waals surface area contributed by atoms with Gasteiger partial charge in [0.05, 0.1) is 13.2 Å². The van der Waals surface area contributed by atoms with Crippen molar-refractivity contribution < 1.29 is 29.3 Å². The van der Waals surface area contributed by atoms with Crippen LogP contribution < -0.4 is 4.74 Å². The summed E-state index contributed by atoms with van der Waals surface area (Å²) in [4.78, 5) is 31.0. The van der Waals surface area contributed by atoms with Crippen molar-refractivity contribution in [3.05, 3.63) is 40.6 Å². The Labute approximate surface area is 162 Å². The van der Waals surface area contributed by atoms with Crippen molar-refractivity contribution in [1.82, 2.24) is 9.88 Å². The van der Waals surface area contributed by atoms with Gasteiger partial charge in [0.15, 0.2) is 0 Å². The maximum atomic E-state index is 12.3. The maximum absolute atomic E-state index is 12.3. The van der Waals surface area contributed by atoms with Crippen LogP contribution in [0.3, 0.4) is 0 Å². The quantitative estimate of drug-likeness (QED) is 0.316. The van der Waals surface area contributed by atoms with Crippen molar-refractivity contribution in [3.63, 3.8) is 0 Å². The number of amides is 1. The van der Waals surface area contributed by atoms with Crippen LogP contribution in [0, 0.1) is 10.1 Å². The van der Waals surface area contributed by atoms with Crippen LogP contribution in [-0.2, 0) is 14.4 Å². The molecule has 1 atom stereocenters. The van der Waals surface area contributed by atoms with Crippen molar-refractivity contribution >= 4 is 16.8 Å². The van der Waals surface area contributed by atoms with Crippen LogP contribution in [-0.4, -0.2) is 71.1 Å². The number of ether oxygens (including phenoxy) is 2. The molecule has 1 heterocycles. The Bertz CT molecular complexity index is 777. The molecule has 1 amide bonds. The van der Waals surface area contributed by atoms with Gasteiger partial charge in [-0.3, -0.25) is 4.79 Å². The van der Waals surface area contributed by atoms with Gasteiger partial charge in [-0.2, -0.15) is 0 Å². The number of aromatic amines is 1. The minimum absolute atomic E-state index is 0.0261. The van der Waals surface area contributed by atoms with Gasteiger partial charge < -0.3 is 29.3 Å². The van der Waals surface area contributed by atoms with Crippen LogP contribution in [0.2, 0.25) is 0 Å². The number of carbonyl (C=O) groups excluding carboxylic acids is 1. The van der Waals surface area contributed by atoms with Crippen LogP contribution in [0.4, 0.5) is 0 Å². The first kappa shape index (κ1) is 21.5. The van der Waals surface area contributed by atoms with Gasteiger partial charge >= 0.3 is 0 Å². The fraction of sp³-hybridized carbons (Fsp3) is 0.500. The van der Waals surface area contributed by atoms with Crippen LogP contribution in [0.25, 0.3) is 10.9 Å². The third-order valence-corrected chi connectivity index (χ3v) is 3.99. The third-order valence-electron chi connectivity index (χ3n) is 3.99. The van der Waals surface area contributed by atoms with Gasteiger partial charge in [0.2, 0.25) is 5.91 Å². The number of nitrogens with one attached hydrogen (secondary N) is 1. The number of aliphatic hydroxyl groups is 1. The second kappa shape index (κ2) is 10.5. The second-order valence-electron chi connectivity index (χ2n) is 6.41. The molecule has 10 heteroatoms. The highest BCUT2D eigenvalue weighted by Gasteiger charge is 2.21. The first-order valence-electron chi connectivity index (χ1n) is 8.90. The van der Waals surface area contributed by atoms with Crippen molar-refractivity contribution in [3.8, 4) is 5.75 Å². The molecule has 0 radical (unpaired) electrons. The summed E-state index contributed by atoms with van der Waals surface area (Å²) in [6.45, 7) is 3.17. The SMILES string of the molecule is CC(C)N(CC(O)COc1cccc2[nH]ccc12)C(=O)COCCO[N+](=O)[O-]. The van der Waals surface area contributed by atoms with Crippen LogP contribution in [0.5, 0.6) is 5.75 Å². The number of aliphatic hydroxyl groups excluding tert-OH is 1. The molecule has 2 N–H and O–H groups in total. The predicted molar refractivity (Wildman–Crippen MR) is 100 cm³/mol. The number of fused-ring (bicyclic) bond motifs is 1. The molecule has 0 fully saturated rings. The molecule has 0 spiro atoms. The van der Waals surface area contributed by atoms with E-state index in [1.54, 1.807) is 0 Å². The summed E-state index contributed by atoms with van der Waals surface area (Å²) >= 11 is 0. The van der Waals surface area contributed by atoms with Crippen molar-refractivity contribution in [2.75, 3.05) is 33.0 Å². The van der Waals surface area contributed by atoms with Gasteiger partial charge in [-0.1, -0.05) is 6.07 Å². The summed E-state index contributed by atoms with van der Waals surface area (Å²) in [5.41, 5.74) is 0.934. The number of hydrogen-bond donors (Lipinski definition) is 2. The maximum Gasteiger partial charge on any atom is 0.294 e. The van der Waals surface area contributed by atoms with Crippen LogP contribution in [0.15, 0.2) is 30.5 Å². The Morgan fingerprint density at radius 3 is 2.82 bits per heavy atom. The first-order chi connectivity index (χ1) is 13.4. The van der Waals surface area contributed by atoms with E-state index in [4.69, 9.17) is 9.47 Å². The average Bonchev–Trinajstić information content (AvgIpc) is 3.12. The van der Waals surface area contributed by atoms with Gasteiger partial charge in [0.1, 0.15) is 31.7 Å².